The number of nitrogens with one attached hydrogen (secondary N) is 1. The lowest BCUT2D eigenvalue weighted by atomic mass is 9.88. The number of nitrogens with zero attached hydrogens (tertiary/aromatic N) is 1. The fourth-order valence-corrected chi connectivity index (χ4v) is 1.90. The molecule has 0 aliphatic rings. The van der Waals surface area contributed by atoms with E-state index in [1.165, 1.54) is 5.69 Å². The van der Waals surface area contributed by atoms with E-state index in [1.807, 2.05) is 5.51 Å². The summed E-state index contributed by atoms with van der Waals surface area (Å²) >= 11 is 1.67. The van der Waals surface area contributed by atoms with Gasteiger partial charge in [0.15, 0.2) is 0 Å². The third kappa shape index (κ3) is 3.87. The molecule has 0 saturated carbocycles. The highest BCUT2D eigenvalue weighted by Gasteiger charge is 2.18. The standard InChI is InChI=1S/C10H18N2S/c1-4-11-7-10(2,3)5-9-6-13-8-12-9/h6,8,11H,4-5,7H2,1-3H3. The zero-order valence-corrected chi connectivity index (χ0v) is 9.45. The molecule has 0 unspecified atom stereocenters. The zero-order chi connectivity index (χ0) is 9.73. The second-order valence-electron chi connectivity index (χ2n) is 4.10. The van der Waals surface area contributed by atoms with E-state index in [4.69, 9.17) is 0 Å². The Morgan fingerprint density at radius 2 is 2.31 bits per heavy atom. The van der Waals surface area contributed by atoms with Gasteiger partial charge in [-0.2, -0.15) is 0 Å². The molecule has 0 aliphatic carbocycles. The second kappa shape index (κ2) is 4.72. The molecule has 1 heterocycles. The molecule has 0 radical (unpaired) electrons. The Kier molecular flexibility index (Phi) is 3.88. The summed E-state index contributed by atoms with van der Waals surface area (Å²) in [5, 5.41) is 5.51. The van der Waals surface area contributed by atoms with Gasteiger partial charge in [-0.05, 0) is 18.4 Å². The van der Waals surface area contributed by atoms with E-state index in [-0.39, 0.29) is 0 Å². The van der Waals surface area contributed by atoms with Crippen molar-refractivity contribution in [2.75, 3.05) is 13.1 Å². The molecule has 1 N–H and O–H groups in total. The largest absolute Gasteiger partial charge is 0.316 e. The lowest BCUT2D eigenvalue weighted by Crippen LogP contribution is -2.31. The van der Waals surface area contributed by atoms with Gasteiger partial charge >= 0.3 is 0 Å². The predicted molar refractivity (Wildman–Crippen MR) is 58.1 cm³/mol. The molecule has 1 aromatic heterocycles. The van der Waals surface area contributed by atoms with Crippen molar-refractivity contribution in [3.63, 3.8) is 0 Å². The van der Waals surface area contributed by atoms with Crippen molar-refractivity contribution in [3.05, 3.63) is 16.6 Å². The topological polar surface area (TPSA) is 24.9 Å². The molecular weight excluding hydrogens is 180 g/mol. The van der Waals surface area contributed by atoms with E-state index in [2.05, 4.69) is 36.5 Å². The Morgan fingerprint density at radius 1 is 1.54 bits per heavy atom. The highest BCUT2D eigenvalue weighted by molar-refractivity contribution is 7.07. The number of hydrogen-bond donors (Lipinski definition) is 1. The number of thiazole rings is 1. The van der Waals surface area contributed by atoms with Crippen molar-refractivity contribution in [2.45, 2.75) is 27.2 Å². The number of aromatic nitrogens is 1. The van der Waals surface area contributed by atoms with Crippen LogP contribution >= 0.6 is 11.3 Å². The first-order valence-corrected chi connectivity index (χ1v) is 5.66. The van der Waals surface area contributed by atoms with Gasteiger partial charge in [0.25, 0.3) is 0 Å². The van der Waals surface area contributed by atoms with Crippen LogP contribution < -0.4 is 5.32 Å². The minimum atomic E-state index is 0.310. The van der Waals surface area contributed by atoms with Gasteiger partial charge in [-0.1, -0.05) is 20.8 Å². The van der Waals surface area contributed by atoms with Crippen LogP contribution in [0.5, 0.6) is 0 Å². The van der Waals surface area contributed by atoms with Gasteiger partial charge in [0.05, 0.1) is 11.2 Å². The van der Waals surface area contributed by atoms with Crippen LogP contribution in [0.25, 0.3) is 0 Å². The van der Waals surface area contributed by atoms with E-state index in [9.17, 15) is 0 Å². The van der Waals surface area contributed by atoms with Crippen LogP contribution in [0.4, 0.5) is 0 Å². The molecule has 0 fully saturated rings. The van der Waals surface area contributed by atoms with Gasteiger partial charge in [0, 0.05) is 11.9 Å². The van der Waals surface area contributed by atoms with Crippen molar-refractivity contribution in [2.24, 2.45) is 5.41 Å². The van der Waals surface area contributed by atoms with Gasteiger partial charge in [-0.3, -0.25) is 0 Å². The van der Waals surface area contributed by atoms with E-state index >= 15 is 0 Å². The van der Waals surface area contributed by atoms with Crippen LogP contribution in [-0.2, 0) is 6.42 Å². The van der Waals surface area contributed by atoms with E-state index in [1.54, 1.807) is 11.3 Å². The van der Waals surface area contributed by atoms with Crippen molar-refractivity contribution < 1.29 is 0 Å². The molecule has 0 bridgehead atoms. The summed E-state index contributed by atoms with van der Waals surface area (Å²) in [7, 11) is 0. The maximum absolute atomic E-state index is 4.30. The summed E-state index contributed by atoms with van der Waals surface area (Å²) in [5.74, 6) is 0. The Morgan fingerprint density at radius 3 is 2.85 bits per heavy atom. The minimum Gasteiger partial charge on any atom is -0.316 e. The third-order valence-corrected chi connectivity index (χ3v) is 2.63. The first-order chi connectivity index (χ1) is 6.14. The van der Waals surface area contributed by atoms with Crippen LogP contribution in [0.2, 0.25) is 0 Å². The van der Waals surface area contributed by atoms with Crippen LogP contribution in [0, 0.1) is 5.41 Å². The highest BCUT2D eigenvalue weighted by Crippen LogP contribution is 2.20. The van der Waals surface area contributed by atoms with Gasteiger partial charge in [0.1, 0.15) is 0 Å². The van der Waals surface area contributed by atoms with Gasteiger partial charge in [-0.15, -0.1) is 11.3 Å². The summed E-state index contributed by atoms with van der Waals surface area (Å²) in [6.45, 7) is 8.78. The average molecular weight is 198 g/mol. The van der Waals surface area contributed by atoms with Crippen molar-refractivity contribution >= 4 is 11.3 Å². The van der Waals surface area contributed by atoms with E-state index in [0.717, 1.165) is 19.5 Å². The maximum atomic E-state index is 4.30. The lowest BCUT2D eigenvalue weighted by molar-refractivity contribution is 0.339. The van der Waals surface area contributed by atoms with E-state index in [0.29, 0.717) is 5.41 Å². The monoisotopic (exact) mass is 198 g/mol. The summed E-state index contributed by atoms with van der Waals surface area (Å²) in [6.07, 6.45) is 1.06. The normalized spacial score (nSPS) is 11.9. The molecular formula is C10H18N2S. The van der Waals surface area contributed by atoms with Gasteiger partial charge in [-0.25, -0.2) is 4.98 Å². The molecule has 3 heteroatoms. The summed E-state index contributed by atoms with van der Waals surface area (Å²) in [5.41, 5.74) is 3.43. The van der Waals surface area contributed by atoms with Crippen molar-refractivity contribution in [1.82, 2.24) is 10.3 Å². The quantitative estimate of drug-likeness (QED) is 0.785. The molecule has 0 aromatic carbocycles. The van der Waals surface area contributed by atoms with Crippen LogP contribution in [-0.4, -0.2) is 18.1 Å². The van der Waals surface area contributed by atoms with Gasteiger partial charge in [0.2, 0.25) is 0 Å². The fourth-order valence-electron chi connectivity index (χ4n) is 1.34. The highest BCUT2D eigenvalue weighted by atomic mass is 32.1. The predicted octanol–water partition coefficient (Wildman–Crippen LogP) is 2.32. The zero-order valence-electron chi connectivity index (χ0n) is 8.63. The first-order valence-electron chi connectivity index (χ1n) is 4.72. The molecule has 0 aliphatic heterocycles. The minimum absolute atomic E-state index is 0.310. The van der Waals surface area contributed by atoms with Crippen molar-refractivity contribution in [1.29, 1.82) is 0 Å². The Hall–Kier alpha value is -0.410. The summed E-state index contributed by atoms with van der Waals surface area (Å²) < 4.78 is 0. The SMILES string of the molecule is CCNCC(C)(C)Cc1cscn1. The molecule has 0 amide bonds. The summed E-state index contributed by atoms with van der Waals surface area (Å²) in [6, 6.07) is 0. The molecule has 1 aromatic rings. The Labute approximate surface area is 84.4 Å². The van der Waals surface area contributed by atoms with Crippen LogP contribution in [0.3, 0.4) is 0 Å². The molecule has 13 heavy (non-hydrogen) atoms. The van der Waals surface area contributed by atoms with Crippen LogP contribution in [0.1, 0.15) is 26.5 Å². The second-order valence-corrected chi connectivity index (χ2v) is 4.82. The van der Waals surface area contributed by atoms with E-state index < -0.39 is 0 Å². The smallest absolute Gasteiger partial charge is 0.0794 e. The molecule has 0 atom stereocenters. The Bertz CT molecular complexity index is 229. The number of hydrogen-bond acceptors (Lipinski definition) is 3. The number of rotatable bonds is 5. The fraction of sp³-hybridized carbons (Fsp3) is 0.700. The Balaban J connectivity index is 2.42. The third-order valence-electron chi connectivity index (χ3n) is 2.00. The molecule has 1 rings (SSSR count). The summed E-state index contributed by atoms with van der Waals surface area (Å²) in [4.78, 5) is 4.30. The van der Waals surface area contributed by atoms with Crippen LogP contribution in [0.15, 0.2) is 10.9 Å². The lowest BCUT2D eigenvalue weighted by Gasteiger charge is -2.23. The molecule has 74 valence electrons. The molecule has 0 saturated heterocycles. The van der Waals surface area contributed by atoms with Crippen molar-refractivity contribution in [3.8, 4) is 0 Å². The average Bonchev–Trinajstić information content (AvgIpc) is 2.52. The first kappa shape index (κ1) is 10.7. The molecule has 0 spiro atoms. The molecule has 2 nitrogen and oxygen atoms in total. The maximum Gasteiger partial charge on any atom is 0.0794 e. The van der Waals surface area contributed by atoms with Gasteiger partial charge < -0.3 is 5.32 Å².